The van der Waals surface area contributed by atoms with Crippen molar-refractivity contribution in [2.24, 2.45) is 0 Å². The molecule has 86 valence electrons. The number of halogens is 2. The van der Waals surface area contributed by atoms with Crippen LogP contribution in [0.5, 0.6) is 0 Å². The predicted molar refractivity (Wildman–Crippen MR) is 53.4 cm³/mol. The third-order valence-electron chi connectivity index (χ3n) is 2.42. The Labute approximate surface area is 91.2 Å². The second-order valence-electron chi connectivity index (χ2n) is 3.65. The van der Waals surface area contributed by atoms with Crippen molar-refractivity contribution < 1.29 is 13.6 Å². The van der Waals surface area contributed by atoms with E-state index in [1.807, 2.05) is 0 Å². The lowest BCUT2D eigenvalue weighted by atomic mass is 10.4. The quantitative estimate of drug-likeness (QED) is 0.788. The molecule has 0 N–H and O–H groups in total. The molecular formula is C10H11F2N3O. The summed E-state index contributed by atoms with van der Waals surface area (Å²) in [4.78, 5) is 16.8. The summed E-state index contributed by atoms with van der Waals surface area (Å²) in [7, 11) is 0. The van der Waals surface area contributed by atoms with Crippen LogP contribution >= 0.6 is 0 Å². The normalized spacial score (nSPS) is 15.6. The van der Waals surface area contributed by atoms with Crippen LogP contribution in [0.25, 0.3) is 6.08 Å². The Hall–Kier alpha value is -1.72. The van der Waals surface area contributed by atoms with Gasteiger partial charge in [0.1, 0.15) is 0 Å². The van der Waals surface area contributed by atoms with Crippen molar-refractivity contribution in [3.63, 3.8) is 0 Å². The Morgan fingerprint density at radius 1 is 1.56 bits per heavy atom. The van der Waals surface area contributed by atoms with Gasteiger partial charge in [-0.15, -0.1) is 0 Å². The maximum absolute atomic E-state index is 11.9. The number of likely N-dealkylation sites (tertiary alicyclic amines) is 1. The predicted octanol–water partition coefficient (Wildman–Crippen LogP) is 1.70. The molecule has 16 heavy (non-hydrogen) atoms. The number of imidazole rings is 1. The Balaban J connectivity index is 2.02. The van der Waals surface area contributed by atoms with E-state index in [9.17, 15) is 13.6 Å². The van der Waals surface area contributed by atoms with Gasteiger partial charge in [0, 0.05) is 25.2 Å². The fraction of sp³-hybridized carbons (Fsp3) is 0.400. The van der Waals surface area contributed by atoms with Crippen molar-refractivity contribution >= 4 is 12.0 Å². The van der Waals surface area contributed by atoms with Gasteiger partial charge in [-0.2, -0.15) is 8.78 Å². The summed E-state index contributed by atoms with van der Waals surface area (Å²) in [5.74, 6) is 0.0995. The molecule has 1 saturated heterocycles. The number of carbonyl (C=O) groups excluding carboxylic acids is 1. The van der Waals surface area contributed by atoms with Gasteiger partial charge in [-0.3, -0.25) is 4.79 Å². The topological polar surface area (TPSA) is 38.1 Å². The molecule has 0 aliphatic carbocycles. The van der Waals surface area contributed by atoms with Crippen LogP contribution in [-0.4, -0.2) is 26.9 Å². The van der Waals surface area contributed by atoms with Crippen LogP contribution in [-0.2, 0) is 11.5 Å². The molecule has 0 aromatic carbocycles. The highest BCUT2D eigenvalue weighted by molar-refractivity contribution is 5.77. The van der Waals surface area contributed by atoms with E-state index >= 15 is 0 Å². The number of hydrogen-bond acceptors (Lipinski definition) is 2. The fourth-order valence-corrected chi connectivity index (χ4v) is 1.69. The highest BCUT2D eigenvalue weighted by Crippen LogP contribution is 2.12. The van der Waals surface area contributed by atoms with Crippen LogP contribution in [0.1, 0.15) is 18.5 Å². The van der Waals surface area contributed by atoms with Crippen LogP contribution in [0.3, 0.4) is 0 Å². The Kier molecular flexibility index (Phi) is 2.98. The Morgan fingerprint density at radius 2 is 2.38 bits per heavy atom. The van der Waals surface area contributed by atoms with Crippen molar-refractivity contribution in [2.45, 2.75) is 19.5 Å². The molecule has 4 nitrogen and oxygen atoms in total. The Morgan fingerprint density at radius 3 is 3.00 bits per heavy atom. The van der Waals surface area contributed by atoms with E-state index in [0.29, 0.717) is 19.2 Å². The third-order valence-corrected chi connectivity index (χ3v) is 2.42. The average Bonchev–Trinajstić information content (AvgIpc) is 2.77. The second-order valence-corrected chi connectivity index (χ2v) is 3.65. The van der Waals surface area contributed by atoms with E-state index in [4.69, 9.17) is 0 Å². The van der Waals surface area contributed by atoms with Gasteiger partial charge >= 0.3 is 0 Å². The lowest BCUT2D eigenvalue weighted by Crippen LogP contribution is -2.26. The maximum Gasteiger partial charge on any atom is 0.272 e. The van der Waals surface area contributed by atoms with Gasteiger partial charge in [0.2, 0.25) is 5.91 Å². The molecule has 0 radical (unpaired) electrons. The van der Waals surface area contributed by atoms with Crippen LogP contribution in [0.2, 0.25) is 0 Å². The first-order valence-corrected chi connectivity index (χ1v) is 4.97. The summed E-state index contributed by atoms with van der Waals surface area (Å²) < 4.78 is 25.5. The van der Waals surface area contributed by atoms with E-state index in [2.05, 4.69) is 4.98 Å². The van der Waals surface area contributed by atoms with Crippen molar-refractivity contribution in [1.82, 2.24) is 14.5 Å². The van der Waals surface area contributed by atoms with Gasteiger partial charge in [0.25, 0.3) is 6.08 Å². The van der Waals surface area contributed by atoms with E-state index in [-0.39, 0.29) is 11.6 Å². The fourth-order valence-electron chi connectivity index (χ4n) is 1.69. The summed E-state index contributed by atoms with van der Waals surface area (Å²) in [6.45, 7) is 1.10. The summed E-state index contributed by atoms with van der Waals surface area (Å²) in [5.41, 5.74) is 0.201. The van der Waals surface area contributed by atoms with E-state index in [1.54, 1.807) is 9.47 Å². The number of carbonyl (C=O) groups is 1. The van der Waals surface area contributed by atoms with Gasteiger partial charge in [0.15, 0.2) is 0 Å². The first kappa shape index (κ1) is 10.8. The third kappa shape index (κ3) is 2.44. The molecule has 0 spiro atoms. The van der Waals surface area contributed by atoms with E-state index in [0.717, 1.165) is 13.0 Å². The minimum absolute atomic E-state index is 0.0995. The molecule has 1 fully saturated rings. The zero-order chi connectivity index (χ0) is 11.5. The van der Waals surface area contributed by atoms with Crippen molar-refractivity contribution in [1.29, 1.82) is 0 Å². The van der Waals surface area contributed by atoms with E-state index < -0.39 is 6.08 Å². The molecule has 0 atom stereocenters. The smallest absolute Gasteiger partial charge is 0.272 e. The van der Waals surface area contributed by atoms with Crippen molar-refractivity contribution in [2.75, 3.05) is 6.54 Å². The molecule has 1 aromatic heterocycles. The highest BCUT2D eigenvalue weighted by atomic mass is 19.3. The van der Waals surface area contributed by atoms with Gasteiger partial charge in [0.05, 0.1) is 18.7 Å². The lowest BCUT2D eigenvalue weighted by molar-refractivity contribution is -0.129. The SMILES string of the molecule is O=C1CCCN1Cn1cnc(C=C(F)F)c1. The number of aromatic nitrogens is 2. The average molecular weight is 227 g/mol. The summed E-state index contributed by atoms with van der Waals surface area (Å²) >= 11 is 0. The molecule has 1 aliphatic heterocycles. The van der Waals surface area contributed by atoms with Crippen LogP contribution < -0.4 is 0 Å². The Bertz CT molecular complexity index is 423. The van der Waals surface area contributed by atoms with Crippen LogP contribution in [0.15, 0.2) is 18.6 Å². The summed E-state index contributed by atoms with van der Waals surface area (Å²) in [5, 5.41) is 0. The van der Waals surface area contributed by atoms with Crippen molar-refractivity contribution in [3.8, 4) is 0 Å². The maximum atomic E-state index is 11.9. The zero-order valence-electron chi connectivity index (χ0n) is 8.57. The molecule has 0 saturated carbocycles. The van der Waals surface area contributed by atoms with Crippen LogP contribution in [0, 0.1) is 0 Å². The largest absolute Gasteiger partial charge is 0.325 e. The molecule has 1 aromatic rings. The molecular weight excluding hydrogens is 216 g/mol. The summed E-state index contributed by atoms with van der Waals surface area (Å²) in [6, 6.07) is 0. The van der Waals surface area contributed by atoms with Crippen molar-refractivity contribution in [3.05, 3.63) is 24.3 Å². The molecule has 0 unspecified atom stereocenters. The van der Waals surface area contributed by atoms with Gasteiger partial charge in [-0.1, -0.05) is 0 Å². The molecule has 1 aliphatic rings. The summed E-state index contributed by atoms with van der Waals surface area (Å²) in [6.07, 6.45) is 3.29. The number of nitrogens with zero attached hydrogens (tertiary/aromatic N) is 3. The highest BCUT2D eigenvalue weighted by Gasteiger charge is 2.19. The van der Waals surface area contributed by atoms with E-state index in [1.165, 1.54) is 12.5 Å². The lowest BCUT2D eigenvalue weighted by Gasteiger charge is -2.15. The van der Waals surface area contributed by atoms with Gasteiger partial charge in [-0.25, -0.2) is 4.98 Å². The number of hydrogen-bond donors (Lipinski definition) is 0. The molecule has 1 amide bonds. The number of rotatable bonds is 3. The molecule has 6 heteroatoms. The monoisotopic (exact) mass is 227 g/mol. The first-order valence-electron chi connectivity index (χ1n) is 4.97. The minimum atomic E-state index is -1.78. The van der Waals surface area contributed by atoms with Gasteiger partial charge < -0.3 is 9.47 Å². The second kappa shape index (κ2) is 4.42. The minimum Gasteiger partial charge on any atom is -0.325 e. The number of amides is 1. The first-order chi connectivity index (χ1) is 7.65. The zero-order valence-corrected chi connectivity index (χ0v) is 8.57. The standard InChI is InChI=1S/C10H11F2N3O/c11-9(12)4-8-5-14(6-13-8)7-15-3-1-2-10(15)16/h4-6H,1-3,7H2. The molecule has 0 bridgehead atoms. The van der Waals surface area contributed by atoms with Gasteiger partial charge in [-0.05, 0) is 6.42 Å². The van der Waals surface area contributed by atoms with Crippen LogP contribution in [0.4, 0.5) is 8.78 Å². The molecule has 2 heterocycles. The molecule has 2 rings (SSSR count).